The van der Waals surface area contributed by atoms with Crippen molar-refractivity contribution in [3.63, 3.8) is 0 Å². The molecule has 0 heterocycles. The molecule has 1 aromatic rings. The van der Waals surface area contributed by atoms with E-state index in [1.54, 1.807) is 0 Å². The van der Waals surface area contributed by atoms with Crippen LogP contribution >= 0.6 is 0 Å². The fourth-order valence-corrected chi connectivity index (χ4v) is 3.52. The van der Waals surface area contributed by atoms with Crippen molar-refractivity contribution in [1.82, 2.24) is 5.32 Å². The summed E-state index contributed by atoms with van der Waals surface area (Å²) in [6.07, 6.45) is 6.70. The van der Waals surface area contributed by atoms with E-state index in [1.165, 1.54) is 11.1 Å². The first-order chi connectivity index (χ1) is 10.1. The Balaban J connectivity index is 1.82. The lowest BCUT2D eigenvalue weighted by Gasteiger charge is -2.28. The summed E-state index contributed by atoms with van der Waals surface area (Å²) in [5.74, 6) is -0.0345. The zero-order valence-electron chi connectivity index (χ0n) is 12.1. The van der Waals surface area contributed by atoms with E-state index in [4.69, 9.17) is 10.9 Å². The summed E-state index contributed by atoms with van der Waals surface area (Å²) >= 11 is 0. The Morgan fingerprint density at radius 2 is 1.90 bits per heavy atom. The molecule has 5 nitrogen and oxygen atoms in total. The number of fused-ring (bicyclic) bond motifs is 1. The highest BCUT2D eigenvalue weighted by Crippen LogP contribution is 2.30. The number of hydrogen-bond acceptors (Lipinski definition) is 3. The van der Waals surface area contributed by atoms with Crippen molar-refractivity contribution in [1.29, 1.82) is 0 Å². The summed E-state index contributed by atoms with van der Waals surface area (Å²) in [4.78, 5) is 12.5. The van der Waals surface area contributed by atoms with Crippen molar-refractivity contribution in [2.24, 2.45) is 10.9 Å². The largest absolute Gasteiger partial charge is 0.409 e. The molecule has 1 amide bonds. The number of benzene rings is 1. The summed E-state index contributed by atoms with van der Waals surface area (Å²) in [6.45, 7) is 0. The van der Waals surface area contributed by atoms with E-state index >= 15 is 0 Å². The highest BCUT2D eigenvalue weighted by atomic mass is 16.4. The molecular formula is C16H21N3O2. The topological polar surface area (TPSA) is 87.7 Å². The third kappa shape index (κ3) is 2.48. The molecule has 1 saturated carbocycles. The van der Waals surface area contributed by atoms with Crippen molar-refractivity contribution >= 4 is 11.7 Å². The molecule has 3 rings (SSSR count). The lowest BCUT2D eigenvalue weighted by atomic mass is 9.95. The predicted octanol–water partition coefficient (Wildman–Crippen LogP) is 1.96. The summed E-state index contributed by atoms with van der Waals surface area (Å²) in [7, 11) is 0. The molecule has 0 aliphatic heterocycles. The van der Waals surface area contributed by atoms with Crippen LogP contribution in [0.2, 0.25) is 0 Å². The fourth-order valence-electron chi connectivity index (χ4n) is 3.52. The Hall–Kier alpha value is -2.04. The van der Waals surface area contributed by atoms with Gasteiger partial charge in [-0.1, -0.05) is 24.1 Å². The second-order valence-corrected chi connectivity index (χ2v) is 6.07. The molecule has 1 fully saturated rings. The number of nitrogens with two attached hydrogens (primary N) is 1. The van der Waals surface area contributed by atoms with Crippen molar-refractivity contribution in [3.8, 4) is 0 Å². The SMILES string of the molecule is N/C(=N/O)C1(NC(=O)c2ccc3c(c2)CCC3)CCCC1. The van der Waals surface area contributed by atoms with Gasteiger partial charge in [-0.25, -0.2) is 0 Å². The lowest BCUT2D eigenvalue weighted by Crippen LogP contribution is -2.55. The number of carbonyl (C=O) groups is 1. The maximum Gasteiger partial charge on any atom is 0.252 e. The minimum absolute atomic E-state index is 0.106. The van der Waals surface area contributed by atoms with Gasteiger partial charge in [-0.15, -0.1) is 0 Å². The van der Waals surface area contributed by atoms with Gasteiger partial charge in [-0.05, 0) is 55.4 Å². The highest BCUT2D eigenvalue weighted by molar-refractivity contribution is 6.00. The van der Waals surface area contributed by atoms with Gasteiger partial charge in [0.25, 0.3) is 5.91 Å². The summed E-state index contributed by atoms with van der Waals surface area (Å²) < 4.78 is 0. The van der Waals surface area contributed by atoms with Crippen LogP contribution in [0.25, 0.3) is 0 Å². The van der Waals surface area contributed by atoms with Crippen LogP contribution in [-0.2, 0) is 12.8 Å². The molecule has 0 radical (unpaired) electrons. The van der Waals surface area contributed by atoms with Crippen LogP contribution < -0.4 is 11.1 Å². The first-order valence-electron chi connectivity index (χ1n) is 7.57. The van der Waals surface area contributed by atoms with Gasteiger partial charge in [0.2, 0.25) is 0 Å². The first-order valence-corrected chi connectivity index (χ1v) is 7.57. The average molecular weight is 287 g/mol. The minimum atomic E-state index is -0.690. The number of amidine groups is 1. The molecule has 0 unspecified atom stereocenters. The number of oxime groups is 1. The number of amides is 1. The number of nitrogens with one attached hydrogen (secondary N) is 1. The predicted molar refractivity (Wildman–Crippen MR) is 80.5 cm³/mol. The Kier molecular flexibility index (Phi) is 3.57. The van der Waals surface area contributed by atoms with Crippen LogP contribution in [0.4, 0.5) is 0 Å². The maximum atomic E-state index is 12.5. The van der Waals surface area contributed by atoms with Gasteiger partial charge >= 0.3 is 0 Å². The molecule has 1 aromatic carbocycles. The zero-order valence-corrected chi connectivity index (χ0v) is 12.1. The normalized spacial score (nSPS) is 20.3. The molecule has 2 aliphatic carbocycles. The van der Waals surface area contributed by atoms with Crippen LogP contribution in [0, 0.1) is 0 Å². The standard InChI is InChI=1S/C16H21N3O2/c17-15(19-21)16(8-1-2-9-16)18-14(20)13-7-6-11-4-3-5-12(11)10-13/h6-7,10,21H,1-5,8-9H2,(H2,17,19)(H,18,20). The van der Waals surface area contributed by atoms with Gasteiger partial charge in [0, 0.05) is 5.56 Å². The van der Waals surface area contributed by atoms with Crippen molar-refractivity contribution < 1.29 is 10.0 Å². The molecular weight excluding hydrogens is 266 g/mol. The smallest absolute Gasteiger partial charge is 0.252 e. The van der Waals surface area contributed by atoms with Crippen LogP contribution in [0.5, 0.6) is 0 Å². The average Bonchev–Trinajstić information content (AvgIpc) is 3.14. The monoisotopic (exact) mass is 287 g/mol. The second kappa shape index (κ2) is 5.39. The highest BCUT2D eigenvalue weighted by Gasteiger charge is 2.40. The molecule has 112 valence electrons. The van der Waals surface area contributed by atoms with Gasteiger partial charge in [0.1, 0.15) is 5.54 Å². The number of aryl methyl sites for hydroxylation is 2. The van der Waals surface area contributed by atoms with Gasteiger partial charge < -0.3 is 16.3 Å². The Labute approximate surface area is 124 Å². The Bertz CT molecular complexity index is 589. The van der Waals surface area contributed by atoms with Crippen LogP contribution in [0.1, 0.15) is 53.6 Å². The van der Waals surface area contributed by atoms with E-state index in [-0.39, 0.29) is 11.7 Å². The van der Waals surface area contributed by atoms with E-state index in [0.29, 0.717) is 5.56 Å². The van der Waals surface area contributed by atoms with Gasteiger partial charge in [0.05, 0.1) is 0 Å². The molecule has 0 bridgehead atoms. The third-order valence-corrected chi connectivity index (χ3v) is 4.77. The Morgan fingerprint density at radius 1 is 1.19 bits per heavy atom. The molecule has 5 heteroatoms. The van der Waals surface area contributed by atoms with Gasteiger partial charge in [-0.2, -0.15) is 0 Å². The first kappa shape index (κ1) is 13.9. The van der Waals surface area contributed by atoms with Crippen molar-refractivity contribution in [3.05, 3.63) is 34.9 Å². The summed E-state index contributed by atoms with van der Waals surface area (Å²) in [5.41, 5.74) is 8.40. The summed E-state index contributed by atoms with van der Waals surface area (Å²) in [5, 5.41) is 15.1. The molecule has 0 saturated heterocycles. The van der Waals surface area contributed by atoms with E-state index < -0.39 is 5.54 Å². The fraction of sp³-hybridized carbons (Fsp3) is 0.500. The number of hydrogen-bond donors (Lipinski definition) is 3. The van der Waals surface area contributed by atoms with Crippen molar-refractivity contribution in [2.75, 3.05) is 0 Å². The van der Waals surface area contributed by atoms with E-state index in [0.717, 1.165) is 44.9 Å². The molecule has 0 spiro atoms. The molecule has 21 heavy (non-hydrogen) atoms. The summed E-state index contributed by atoms with van der Waals surface area (Å²) in [6, 6.07) is 5.89. The number of carbonyl (C=O) groups excluding carboxylic acids is 1. The van der Waals surface area contributed by atoms with E-state index in [1.807, 2.05) is 18.2 Å². The second-order valence-electron chi connectivity index (χ2n) is 6.07. The van der Waals surface area contributed by atoms with E-state index in [9.17, 15) is 4.79 Å². The minimum Gasteiger partial charge on any atom is -0.409 e. The molecule has 4 N–H and O–H groups in total. The molecule has 0 atom stereocenters. The molecule has 0 aromatic heterocycles. The third-order valence-electron chi connectivity index (χ3n) is 4.77. The molecule has 2 aliphatic rings. The van der Waals surface area contributed by atoms with Crippen LogP contribution in [0.3, 0.4) is 0 Å². The number of rotatable bonds is 3. The quantitative estimate of drug-likeness (QED) is 0.344. The number of nitrogens with zero attached hydrogens (tertiary/aromatic N) is 1. The van der Waals surface area contributed by atoms with Crippen molar-refractivity contribution in [2.45, 2.75) is 50.5 Å². The Morgan fingerprint density at radius 3 is 2.62 bits per heavy atom. The van der Waals surface area contributed by atoms with E-state index in [2.05, 4.69) is 10.5 Å². The maximum absolute atomic E-state index is 12.5. The van der Waals surface area contributed by atoms with Crippen LogP contribution in [-0.4, -0.2) is 22.5 Å². The van der Waals surface area contributed by atoms with Crippen LogP contribution in [0.15, 0.2) is 23.4 Å². The lowest BCUT2D eigenvalue weighted by molar-refractivity contribution is 0.0922. The zero-order chi connectivity index (χ0) is 14.9. The van der Waals surface area contributed by atoms with Gasteiger partial charge in [0.15, 0.2) is 5.84 Å². The van der Waals surface area contributed by atoms with Gasteiger partial charge in [-0.3, -0.25) is 4.79 Å².